The molecule has 0 bridgehead atoms. The van der Waals surface area contributed by atoms with Gasteiger partial charge in [0.25, 0.3) is 6.43 Å². The quantitative estimate of drug-likeness (QED) is 0.922. The molecule has 1 heterocycles. The second-order valence-corrected chi connectivity index (χ2v) is 5.52. The summed E-state index contributed by atoms with van der Waals surface area (Å²) in [5.74, 6) is 0. The lowest BCUT2D eigenvalue weighted by Gasteiger charge is -2.22. The van der Waals surface area contributed by atoms with Gasteiger partial charge in [-0.15, -0.1) is 12.4 Å². The summed E-state index contributed by atoms with van der Waals surface area (Å²) in [5, 5.41) is 0. The number of hydrogen-bond acceptors (Lipinski definition) is 2. The van der Waals surface area contributed by atoms with E-state index in [0.717, 1.165) is 31.6 Å². The molecule has 1 aliphatic heterocycles. The van der Waals surface area contributed by atoms with Crippen LogP contribution in [0.5, 0.6) is 0 Å². The normalized spacial score (nSPS) is 23.6. The molecule has 1 aromatic rings. The number of likely N-dealkylation sites (tertiary alicyclic amines) is 1. The Morgan fingerprint density at radius 3 is 2.74 bits per heavy atom. The minimum absolute atomic E-state index is 0. The first-order valence-electron chi connectivity index (χ1n) is 6.32. The summed E-state index contributed by atoms with van der Waals surface area (Å²) in [6, 6.07) is 6.68. The van der Waals surface area contributed by atoms with Crippen molar-refractivity contribution in [3.63, 3.8) is 0 Å². The van der Waals surface area contributed by atoms with E-state index in [4.69, 9.17) is 5.73 Å². The van der Waals surface area contributed by atoms with Crippen LogP contribution in [0, 0.1) is 5.41 Å². The maximum Gasteiger partial charge on any atom is 0.263 e. The fraction of sp³-hybridized carbons (Fsp3) is 0.571. The molecule has 108 valence electrons. The number of hydrogen-bond donors (Lipinski definition) is 1. The van der Waals surface area contributed by atoms with Gasteiger partial charge >= 0.3 is 0 Å². The molecule has 1 aliphatic rings. The maximum atomic E-state index is 12.6. The van der Waals surface area contributed by atoms with Crippen LogP contribution < -0.4 is 5.73 Å². The Labute approximate surface area is 119 Å². The zero-order valence-electron chi connectivity index (χ0n) is 11.1. The fourth-order valence-corrected chi connectivity index (χ4v) is 2.51. The van der Waals surface area contributed by atoms with Crippen LogP contribution in [0.2, 0.25) is 0 Å². The van der Waals surface area contributed by atoms with E-state index >= 15 is 0 Å². The highest BCUT2D eigenvalue weighted by atomic mass is 35.5. The molecule has 0 amide bonds. The average molecular weight is 291 g/mol. The van der Waals surface area contributed by atoms with Gasteiger partial charge in [-0.2, -0.15) is 0 Å². The van der Waals surface area contributed by atoms with Crippen LogP contribution in [0.4, 0.5) is 8.78 Å². The van der Waals surface area contributed by atoms with Gasteiger partial charge in [0.1, 0.15) is 0 Å². The van der Waals surface area contributed by atoms with Crippen molar-refractivity contribution in [1.82, 2.24) is 4.90 Å². The number of benzene rings is 1. The lowest BCUT2D eigenvalue weighted by Crippen LogP contribution is -2.31. The SMILES string of the molecule is CC1(CN)CCN(Cc2cccc(C(F)F)c2)C1.Cl. The average Bonchev–Trinajstić information content (AvgIpc) is 2.72. The third-order valence-electron chi connectivity index (χ3n) is 3.74. The highest BCUT2D eigenvalue weighted by Crippen LogP contribution is 2.30. The smallest absolute Gasteiger partial charge is 0.263 e. The van der Waals surface area contributed by atoms with Crippen molar-refractivity contribution < 1.29 is 8.78 Å². The van der Waals surface area contributed by atoms with Gasteiger partial charge in [0.15, 0.2) is 0 Å². The zero-order valence-corrected chi connectivity index (χ0v) is 11.9. The van der Waals surface area contributed by atoms with Crippen molar-refractivity contribution in [2.24, 2.45) is 11.1 Å². The van der Waals surface area contributed by atoms with E-state index in [0.29, 0.717) is 6.54 Å². The van der Waals surface area contributed by atoms with Gasteiger partial charge in [0, 0.05) is 18.7 Å². The van der Waals surface area contributed by atoms with E-state index in [2.05, 4.69) is 11.8 Å². The standard InChI is InChI=1S/C14H20F2N2.ClH/c1-14(9-17)5-6-18(10-14)8-11-3-2-4-12(7-11)13(15)16;/h2-4,7,13H,5-6,8-10,17H2,1H3;1H. The predicted molar refractivity (Wildman–Crippen MR) is 75.7 cm³/mol. The van der Waals surface area contributed by atoms with Crippen molar-refractivity contribution in [3.05, 3.63) is 35.4 Å². The molecule has 0 saturated carbocycles. The Kier molecular flexibility index (Phi) is 5.71. The molecular weight excluding hydrogens is 270 g/mol. The molecular formula is C14H21ClF2N2. The number of alkyl halides is 2. The van der Waals surface area contributed by atoms with Crippen LogP contribution in [-0.4, -0.2) is 24.5 Å². The van der Waals surface area contributed by atoms with Gasteiger partial charge < -0.3 is 5.73 Å². The summed E-state index contributed by atoms with van der Waals surface area (Å²) in [6.07, 6.45) is -1.31. The molecule has 0 spiro atoms. The van der Waals surface area contributed by atoms with E-state index in [9.17, 15) is 8.78 Å². The van der Waals surface area contributed by atoms with Crippen molar-refractivity contribution in [2.75, 3.05) is 19.6 Å². The zero-order chi connectivity index (χ0) is 13.2. The van der Waals surface area contributed by atoms with Gasteiger partial charge in [0.2, 0.25) is 0 Å². The van der Waals surface area contributed by atoms with E-state index in [1.54, 1.807) is 12.1 Å². The van der Waals surface area contributed by atoms with Gasteiger partial charge in [-0.05, 0) is 36.6 Å². The highest BCUT2D eigenvalue weighted by molar-refractivity contribution is 5.85. The Hall–Kier alpha value is -0.710. The van der Waals surface area contributed by atoms with Crippen molar-refractivity contribution in [1.29, 1.82) is 0 Å². The van der Waals surface area contributed by atoms with Crippen LogP contribution in [0.1, 0.15) is 30.9 Å². The monoisotopic (exact) mass is 290 g/mol. The van der Waals surface area contributed by atoms with Gasteiger partial charge in [-0.1, -0.05) is 25.1 Å². The van der Waals surface area contributed by atoms with Gasteiger partial charge in [-0.25, -0.2) is 8.78 Å². The second kappa shape index (κ2) is 6.64. The second-order valence-electron chi connectivity index (χ2n) is 5.52. The first kappa shape index (κ1) is 16.3. The third-order valence-corrected chi connectivity index (χ3v) is 3.74. The largest absolute Gasteiger partial charge is 0.330 e. The molecule has 19 heavy (non-hydrogen) atoms. The van der Waals surface area contributed by atoms with Crippen LogP contribution in [0.3, 0.4) is 0 Å². The summed E-state index contributed by atoms with van der Waals surface area (Å²) in [6.45, 7) is 5.54. The first-order chi connectivity index (χ1) is 8.52. The Morgan fingerprint density at radius 1 is 1.42 bits per heavy atom. The molecule has 2 N–H and O–H groups in total. The lowest BCUT2D eigenvalue weighted by atomic mass is 9.90. The molecule has 1 fully saturated rings. The topological polar surface area (TPSA) is 29.3 Å². The molecule has 0 radical (unpaired) electrons. The fourth-order valence-electron chi connectivity index (χ4n) is 2.51. The predicted octanol–water partition coefficient (Wildman–Crippen LogP) is 3.22. The number of nitrogens with two attached hydrogens (primary N) is 1. The molecule has 2 rings (SSSR count). The number of rotatable bonds is 4. The maximum absolute atomic E-state index is 12.6. The summed E-state index contributed by atoms with van der Waals surface area (Å²) in [4.78, 5) is 2.29. The summed E-state index contributed by atoms with van der Waals surface area (Å²) >= 11 is 0. The van der Waals surface area contributed by atoms with Crippen molar-refractivity contribution in [3.8, 4) is 0 Å². The Morgan fingerprint density at radius 2 is 2.16 bits per heavy atom. The number of nitrogens with zero attached hydrogens (tertiary/aromatic N) is 1. The molecule has 1 saturated heterocycles. The highest BCUT2D eigenvalue weighted by Gasteiger charge is 2.32. The lowest BCUT2D eigenvalue weighted by molar-refractivity contribution is 0.151. The summed E-state index contributed by atoms with van der Waals surface area (Å²) < 4.78 is 25.2. The first-order valence-corrected chi connectivity index (χ1v) is 6.32. The minimum Gasteiger partial charge on any atom is -0.330 e. The van der Waals surface area contributed by atoms with Gasteiger partial charge in [0.05, 0.1) is 0 Å². The number of halogens is 3. The third kappa shape index (κ3) is 4.13. The van der Waals surface area contributed by atoms with Crippen molar-refractivity contribution >= 4 is 12.4 Å². The molecule has 1 aromatic carbocycles. The van der Waals surface area contributed by atoms with E-state index in [1.807, 2.05) is 6.07 Å². The molecule has 0 aromatic heterocycles. The van der Waals surface area contributed by atoms with Gasteiger partial charge in [-0.3, -0.25) is 4.90 Å². The van der Waals surface area contributed by atoms with E-state index < -0.39 is 6.43 Å². The van der Waals surface area contributed by atoms with Crippen molar-refractivity contribution in [2.45, 2.75) is 26.3 Å². The molecule has 2 nitrogen and oxygen atoms in total. The molecule has 5 heteroatoms. The van der Waals surface area contributed by atoms with Crippen LogP contribution >= 0.6 is 12.4 Å². The van der Waals surface area contributed by atoms with Crippen LogP contribution in [-0.2, 0) is 6.54 Å². The summed E-state index contributed by atoms with van der Waals surface area (Å²) in [7, 11) is 0. The Bertz CT molecular complexity index is 414. The van der Waals surface area contributed by atoms with Crippen LogP contribution in [0.25, 0.3) is 0 Å². The van der Waals surface area contributed by atoms with E-state index in [-0.39, 0.29) is 23.4 Å². The van der Waals surface area contributed by atoms with Crippen LogP contribution in [0.15, 0.2) is 24.3 Å². The molecule has 0 aliphatic carbocycles. The summed E-state index contributed by atoms with van der Waals surface area (Å²) in [5.41, 5.74) is 7.00. The molecule has 1 unspecified atom stereocenters. The minimum atomic E-state index is -2.39. The van der Waals surface area contributed by atoms with E-state index in [1.165, 1.54) is 6.07 Å². The molecule has 1 atom stereocenters. The Balaban J connectivity index is 0.00000180.